The van der Waals surface area contributed by atoms with Gasteiger partial charge in [0.25, 0.3) is 10.1 Å². The van der Waals surface area contributed by atoms with Gasteiger partial charge in [0, 0.05) is 6.61 Å². The minimum absolute atomic E-state index is 0.115. The lowest BCUT2D eigenvalue weighted by Crippen LogP contribution is -2.31. The second-order valence-corrected chi connectivity index (χ2v) is 8.18. The van der Waals surface area contributed by atoms with Crippen molar-refractivity contribution in [3.05, 3.63) is 0 Å². The van der Waals surface area contributed by atoms with Crippen LogP contribution < -0.4 is 0 Å². The number of hydrogen-bond acceptors (Lipinski definition) is 5. The quantitative estimate of drug-likeness (QED) is 0.337. The molecule has 7 nitrogen and oxygen atoms in total. The lowest BCUT2D eigenvalue weighted by molar-refractivity contribution is -0.00845. The Hall–Kier alpha value is 0.0200. The molecule has 2 N–H and O–H groups in total. The molecule has 0 aliphatic carbocycles. The van der Waals surface area contributed by atoms with Crippen molar-refractivity contribution < 1.29 is 31.7 Å². The van der Waals surface area contributed by atoms with E-state index in [1.165, 1.54) is 0 Å². The Morgan fingerprint density at radius 1 is 1.05 bits per heavy atom. The minimum atomic E-state index is -4.32. The molecule has 0 saturated carbocycles. The average molecular weight is 332 g/mol. The third-order valence-corrected chi connectivity index (χ3v) is 5.51. The summed E-state index contributed by atoms with van der Waals surface area (Å²) in [6, 6.07) is 0. The molecule has 0 fully saturated rings. The molecule has 0 saturated heterocycles. The van der Waals surface area contributed by atoms with E-state index in [1.54, 1.807) is 13.8 Å². The number of ether oxygens (including phenoxy) is 1. The van der Waals surface area contributed by atoms with Crippen LogP contribution in [0, 0.1) is 0 Å². The normalized spacial score (nSPS) is 13.7. The maximum absolute atomic E-state index is 11.5. The van der Waals surface area contributed by atoms with Crippen LogP contribution in [0.25, 0.3) is 0 Å². The van der Waals surface area contributed by atoms with E-state index in [2.05, 4.69) is 4.18 Å². The van der Waals surface area contributed by atoms with Gasteiger partial charge in [-0.05, 0) is 32.1 Å². The highest BCUT2D eigenvalue weighted by Crippen LogP contribution is 2.55. The van der Waals surface area contributed by atoms with E-state index >= 15 is 0 Å². The van der Waals surface area contributed by atoms with Crippen LogP contribution in [0.2, 0.25) is 0 Å². The molecule has 0 aromatic rings. The monoisotopic (exact) mass is 332 g/mol. The molecule has 0 atom stereocenters. The predicted octanol–water partition coefficient (Wildman–Crippen LogP) is 1.84. The molecular formula is C11H25O7PS. The fourth-order valence-corrected chi connectivity index (χ4v) is 3.31. The maximum Gasteiger partial charge on any atom is 0.357 e. The molecule has 0 aromatic heterocycles. The highest BCUT2D eigenvalue weighted by molar-refractivity contribution is 7.85. The lowest BCUT2D eigenvalue weighted by Gasteiger charge is -2.32. The van der Waals surface area contributed by atoms with Crippen LogP contribution >= 0.6 is 7.60 Å². The summed E-state index contributed by atoms with van der Waals surface area (Å²) in [6.07, 6.45) is 3.29. The van der Waals surface area contributed by atoms with E-state index in [1.807, 2.05) is 0 Å². The van der Waals surface area contributed by atoms with E-state index in [9.17, 15) is 22.8 Å². The topological polar surface area (TPSA) is 110 Å². The highest BCUT2D eigenvalue weighted by Gasteiger charge is 2.44. The second kappa shape index (κ2) is 8.46. The summed E-state index contributed by atoms with van der Waals surface area (Å²) < 4.78 is 42.9. The summed E-state index contributed by atoms with van der Waals surface area (Å²) in [5.74, 6) is 0. The summed E-state index contributed by atoms with van der Waals surface area (Å²) in [5.41, 5.74) is 0. The van der Waals surface area contributed by atoms with Crippen molar-refractivity contribution in [3.8, 4) is 0 Å². The second-order valence-electron chi connectivity index (χ2n) is 4.63. The number of unbranched alkanes of at least 4 members (excludes halogenated alkanes) is 2. The summed E-state index contributed by atoms with van der Waals surface area (Å²) in [4.78, 5) is 18.7. The van der Waals surface area contributed by atoms with Gasteiger partial charge in [0.05, 0.1) is 12.9 Å². The van der Waals surface area contributed by atoms with Gasteiger partial charge in [-0.3, -0.25) is 8.75 Å². The van der Waals surface area contributed by atoms with Crippen molar-refractivity contribution in [1.82, 2.24) is 0 Å². The molecule has 0 aromatic carbocycles. The zero-order chi connectivity index (χ0) is 15.9. The predicted molar refractivity (Wildman–Crippen MR) is 76.0 cm³/mol. The SMILES string of the molecule is CCC(CC)(OCCCCCOS(C)(=O)=O)P(=O)(O)O. The van der Waals surface area contributed by atoms with Crippen molar-refractivity contribution in [1.29, 1.82) is 0 Å². The first-order valence-corrected chi connectivity index (χ1v) is 10.0. The van der Waals surface area contributed by atoms with Crippen LogP contribution in [-0.4, -0.2) is 43.0 Å². The van der Waals surface area contributed by atoms with E-state index in [4.69, 9.17) is 4.74 Å². The van der Waals surface area contributed by atoms with Gasteiger partial charge in [0.1, 0.15) is 0 Å². The van der Waals surface area contributed by atoms with Gasteiger partial charge in [0.2, 0.25) is 0 Å². The van der Waals surface area contributed by atoms with Crippen LogP contribution in [0.3, 0.4) is 0 Å². The Bertz CT molecular complexity index is 410. The van der Waals surface area contributed by atoms with Gasteiger partial charge in [0.15, 0.2) is 5.34 Å². The molecular weight excluding hydrogens is 307 g/mol. The average Bonchev–Trinajstić information content (AvgIpc) is 2.30. The van der Waals surface area contributed by atoms with Crippen molar-refractivity contribution in [2.24, 2.45) is 0 Å². The fraction of sp³-hybridized carbons (Fsp3) is 1.00. The van der Waals surface area contributed by atoms with Gasteiger partial charge in [-0.25, -0.2) is 0 Å². The maximum atomic E-state index is 11.5. The standard InChI is InChI=1S/C11H25O7PS/c1-4-11(5-2,19(12,13)14)17-9-7-6-8-10-18-20(3,15)16/h4-10H2,1-3H3,(H2,12,13,14). The van der Waals surface area contributed by atoms with Crippen LogP contribution in [-0.2, 0) is 23.6 Å². The molecule has 0 heterocycles. The van der Waals surface area contributed by atoms with Crippen molar-refractivity contribution >= 4 is 17.7 Å². The molecule has 0 spiro atoms. The van der Waals surface area contributed by atoms with Gasteiger partial charge >= 0.3 is 7.60 Å². The van der Waals surface area contributed by atoms with Crippen molar-refractivity contribution in [2.75, 3.05) is 19.5 Å². The molecule has 20 heavy (non-hydrogen) atoms. The van der Waals surface area contributed by atoms with Crippen LogP contribution in [0.4, 0.5) is 0 Å². The molecule has 0 radical (unpaired) electrons. The van der Waals surface area contributed by atoms with Crippen LogP contribution in [0.1, 0.15) is 46.0 Å². The van der Waals surface area contributed by atoms with E-state index in [-0.39, 0.29) is 26.1 Å². The number of hydrogen-bond donors (Lipinski definition) is 2. The number of rotatable bonds is 11. The highest BCUT2D eigenvalue weighted by atomic mass is 32.2. The minimum Gasteiger partial charge on any atom is -0.362 e. The fourth-order valence-electron chi connectivity index (χ4n) is 1.80. The third-order valence-electron chi connectivity index (χ3n) is 3.09. The van der Waals surface area contributed by atoms with Gasteiger partial charge in [-0.15, -0.1) is 0 Å². The smallest absolute Gasteiger partial charge is 0.357 e. The molecule has 0 amide bonds. The molecule has 9 heteroatoms. The molecule has 122 valence electrons. The first kappa shape index (κ1) is 20.0. The Kier molecular flexibility index (Phi) is 8.47. The van der Waals surface area contributed by atoms with Crippen molar-refractivity contribution in [2.45, 2.75) is 51.3 Å². The summed E-state index contributed by atoms with van der Waals surface area (Å²) in [6.45, 7) is 3.71. The van der Waals surface area contributed by atoms with Crippen LogP contribution in [0.15, 0.2) is 0 Å². The van der Waals surface area contributed by atoms with Gasteiger partial charge in [-0.1, -0.05) is 13.8 Å². The molecule has 0 unspecified atom stereocenters. The lowest BCUT2D eigenvalue weighted by atomic mass is 10.2. The zero-order valence-electron chi connectivity index (χ0n) is 12.2. The van der Waals surface area contributed by atoms with Gasteiger partial charge < -0.3 is 14.5 Å². The molecule has 0 aliphatic rings. The Morgan fingerprint density at radius 2 is 1.55 bits per heavy atom. The van der Waals surface area contributed by atoms with Gasteiger partial charge in [-0.2, -0.15) is 8.42 Å². The Labute approximate surface area is 121 Å². The molecule has 0 aliphatic heterocycles. The first-order chi connectivity index (χ1) is 9.08. The first-order valence-electron chi connectivity index (χ1n) is 6.62. The van der Waals surface area contributed by atoms with Crippen molar-refractivity contribution in [3.63, 3.8) is 0 Å². The summed E-state index contributed by atoms with van der Waals surface area (Å²) >= 11 is 0. The summed E-state index contributed by atoms with van der Waals surface area (Å²) in [7, 11) is -7.72. The summed E-state index contributed by atoms with van der Waals surface area (Å²) in [5, 5.41) is -1.41. The molecule has 0 bridgehead atoms. The largest absolute Gasteiger partial charge is 0.362 e. The van der Waals surface area contributed by atoms with E-state index in [0.717, 1.165) is 6.26 Å². The van der Waals surface area contributed by atoms with E-state index < -0.39 is 23.1 Å². The molecule has 0 rings (SSSR count). The third kappa shape index (κ3) is 7.15. The van der Waals surface area contributed by atoms with Crippen LogP contribution in [0.5, 0.6) is 0 Å². The Balaban J connectivity index is 4.01. The van der Waals surface area contributed by atoms with E-state index in [0.29, 0.717) is 19.3 Å². The Morgan fingerprint density at radius 3 is 1.95 bits per heavy atom. The zero-order valence-corrected chi connectivity index (χ0v) is 14.0.